The summed E-state index contributed by atoms with van der Waals surface area (Å²) in [6.45, 7) is 6.10. The molecule has 7 nitrogen and oxygen atoms in total. The van der Waals surface area contributed by atoms with E-state index in [2.05, 4.69) is 58.0 Å². The van der Waals surface area contributed by atoms with Crippen LogP contribution in [0.2, 0.25) is 0 Å². The zero-order valence-electron chi connectivity index (χ0n) is 15.6. The number of benzene rings is 2. The zero-order chi connectivity index (χ0) is 20.0. The fraction of sp³-hybridized carbons (Fsp3) is 0.400. The molecule has 0 radical (unpaired) electrons. The molecule has 0 aliphatic carbocycles. The number of nitrogens with zero attached hydrogens (tertiary/aromatic N) is 2. The number of para-hydroxylation sites is 2. The predicted octanol–water partition coefficient (Wildman–Crippen LogP) is -0.217. The first kappa shape index (κ1) is 21.0. The van der Waals surface area contributed by atoms with Crippen LogP contribution >= 0.6 is 0 Å². The molecule has 0 unspecified atom stereocenters. The van der Waals surface area contributed by atoms with Crippen molar-refractivity contribution >= 4 is 21.8 Å². The molecule has 1 fully saturated rings. The number of fused-ring (bicyclic) bond motifs is 3. The molecule has 0 bridgehead atoms. The molecule has 1 aromatic heterocycles. The van der Waals surface area contributed by atoms with Crippen molar-refractivity contribution in [2.75, 3.05) is 32.8 Å². The van der Waals surface area contributed by atoms with Crippen LogP contribution < -0.4 is 14.0 Å². The lowest BCUT2D eigenvalue weighted by molar-refractivity contribution is -1.92. The van der Waals surface area contributed by atoms with Crippen molar-refractivity contribution in [3.05, 3.63) is 48.5 Å². The third kappa shape index (κ3) is 5.89. The van der Waals surface area contributed by atoms with E-state index in [0.717, 1.165) is 26.3 Å². The molecule has 0 atom stereocenters. The highest BCUT2D eigenvalue weighted by Gasteiger charge is 2.11. The largest absolute Gasteiger partial charge is 0.378 e. The summed E-state index contributed by atoms with van der Waals surface area (Å²) in [5.74, 6) is 0. The Morgan fingerprint density at radius 2 is 1.29 bits per heavy atom. The van der Waals surface area contributed by atoms with Crippen molar-refractivity contribution in [2.45, 2.75) is 19.4 Å². The van der Waals surface area contributed by atoms with Gasteiger partial charge in [-0.1, -0.05) is 36.4 Å². The fourth-order valence-corrected chi connectivity index (χ4v) is 3.70. The van der Waals surface area contributed by atoms with E-state index in [9.17, 15) is 0 Å². The third-order valence-electron chi connectivity index (χ3n) is 4.89. The molecule has 0 saturated carbocycles. The summed E-state index contributed by atoms with van der Waals surface area (Å²) in [7, 11) is -4.69. The van der Waals surface area contributed by atoms with Crippen molar-refractivity contribution in [1.82, 2.24) is 9.47 Å². The molecule has 2 heterocycles. The summed E-state index contributed by atoms with van der Waals surface area (Å²) in [5.41, 5.74) is 2.61. The normalized spacial score (nSPS) is 15.1. The summed E-state index contributed by atoms with van der Waals surface area (Å²) >= 11 is 0. The lowest BCUT2D eigenvalue weighted by Gasteiger charge is -2.14. The first-order valence-corrected chi connectivity index (χ1v) is 10.6. The zero-order valence-corrected chi connectivity index (χ0v) is 16.4. The SMILES string of the molecule is [O-][Cl+3]([O-])([O-])O.c1ccc2c(c1)c1ccccc1n2CCOCCN1CCCC1. The van der Waals surface area contributed by atoms with Crippen LogP contribution in [0, 0.1) is 10.2 Å². The maximum absolute atomic E-state index is 8.60. The fourth-order valence-electron chi connectivity index (χ4n) is 3.70. The van der Waals surface area contributed by atoms with Gasteiger partial charge in [0, 0.05) is 34.9 Å². The van der Waals surface area contributed by atoms with Crippen LogP contribution in [0.3, 0.4) is 0 Å². The Labute approximate surface area is 166 Å². The van der Waals surface area contributed by atoms with E-state index in [4.69, 9.17) is 23.4 Å². The summed E-state index contributed by atoms with van der Waals surface area (Å²) < 4.78 is 41.0. The van der Waals surface area contributed by atoms with Gasteiger partial charge in [0.05, 0.1) is 28.1 Å². The molecule has 8 heteroatoms. The van der Waals surface area contributed by atoms with Crippen LogP contribution in [0.1, 0.15) is 12.8 Å². The van der Waals surface area contributed by atoms with Gasteiger partial charge in [-0.05, 0) is 38.1 Å². The van der Waals surface area contributed by atoms with Crippen molar-refractivity contribution in [3.8, 4) is 0 Å². The van der Waals surface area contributed by atoms with E-state index in [1.165, 1.54) is 47.7 Å². The quantitative estimate of drug-likeness (QED) is 0.565. The van der Waals surface area contributed by atoms with Crippen molar-refractivity contribution in [1.29, 1.82) is 0 Å². The van der Waals surface area contributed by atoms with E-state index in [0.29, 0.717) is 0 Å². The summed E-state index contributed by atoms with van der Waals surface area (Å²) in [6.07, 6.45) is 2.70. The molecule has 1 N–H and O–H groups in total. The summed E-state index contributed by atoms with van der Waals surface area (Å²) in [4.78, 5) is 2.50. The number of ether oxygens (including phenoxy) is 1. The van der Waals surface area contributed by atoms with Gasteiger partial charge in [-0.3, -0.25) is 0 Å². The standard InChI is InChI=1S/C20H24N2O.ClHO4/c1-3-9-19-17(7-1)18-8-2-4-10-20(18)22(19)14-16-23-15-13-21-11-5-6-12-21;2-1(3,4)5/h1-4,7-10H,5-6,11-16H2;(H,2,3,4,5). The van der Waals surface area contributed by atoms with Gasteiger partial charge in [-0.25, -0.2) is 0 Å². The Bertz CT molecular complexity index is 828. The number of likely N-dealkylation sites (tertiary alicyclic amines) is 1. The van der Waals surface area contributed by atoms with Gasteiger partial charge >= 0.3 is 0 Å². The van der Waals surface area contributed by atoms with Crippen molar-refractivity contribution in [2.24, 2.45) is 0 Å². The van der Waals surface area contributed by atoms with Crippen LogP contribution in [0.4, 0.5) is 0 Å². The highest BCUT2D eigenvalue weighted by atomic mass is 35.7. The van der Waals surface area contributed by atoms with Crippen LogP contribution in [0.25, 0.3) is 21.8 Å². The molecule has 28 heavy (non-hydrogen) atoms. The van der Waals surface area contributed by atoms with Crippen LogP contribution in [-0.4, -0.2) is 47.0 Å². The van der Waals surface area contributed by atoms with Gasteiger partial charge in [0.15, 0.2) is 0 Å². The van der Waals surface area contributed by atoms with Gasteiger partial charge in [-0.15, -0.1) is 0 Å². The molecule has 152 valence electrons. The minimum atomic E-state index is -4.69. The molecule has 2 aromatic carbocycles. The smallest absolute Gasteiger partial charge is 0.0777 e. The first-order valence-electron chi connectivity index (χ1n) is 9.33. The molecule has 1 saturated heterocycles. The van der Waals surface area contributed by atoms with Crippen molar-refractivity contribution in [3.63, 3.8) is 0 Å². The second-order valence-corrected chi connectivity index (χ2v) is 7.54. The van der Waals surface area contributed by atoms with Gasteiger partial charge in [0.2, 0.25) is 0 Å². The first-order chi connectivity index (χ1) is 13.4. The number of rotatable bonds is 6. The molecule has 4 rings (SSSR count). The Morgan fingerprint density at radius 3 is 1.82 bits per heavy atom. The number of hydrogen-bond donors (Lipinski definition) is 1. The van der Waals surface area contributed by atoms with E-state index < -0.39 is 10.2 Å². The van der Waals surface area contributed by atoms with Crippen LogP contribution in [0.15, 0.2) is 48.5 Å². The average Bonchev–Trinajstić information content (AvgIpc) is 3.27. The molecular formula is C20H25ClN2O5. The average molecular weight is 409 g/mol. The van der Waals surface area contributed by atoms with Crippen LogP contribution in [-0.2, 0) is 11.3 Å². The van der Waals surface area contributed by atoms with Gasteiger partial charge in [0.25, 0.3) is 0 Å². The second-order valence-electron chi connectivity index (χ2n) is 6.74. The monoisotopic (exact) mass is 408 g/mol. The summed E-state index contributed by atoms with van der Waals surface area (Å²) in [6, 6.07) is 17.3. The predicted molar refractivity (Wildman–Crippen MR) is 98.2 cm³/mol. The highest BCUT2D eigenvalue weighted by molar-refractivity contribution is 6.07. The van der Waals surface area contributed by atoms with Gasteiger partial charge < -0.3 is 14.2 Å². The number of halogens is 1. The molecule has 0 amide bonds. The van der Waals surface area contributed by atoms with E-state index in [1.807, 2.05) is 0 Å². The Kier molecular flexibility index (Phi) is 7.25. The molecule has 1 aliphatic rings. The molecule has 1 aliphatic heterocycles. The highest BCUT2D eigenvalue weighted by Crippen LogP contribution is 2.28. The number of aromatic nitrogens is 1. The third-order valence-corrected chi connectivity index (χ3v) is 4.89. The van der Waals surface area contributed by atoms with Gasteiger partial charge in [-0.2, -0.15) is 14.0 Å². The summed E-state index contributed by atoms with van der Waals surface area (Å²) in [5, 5.41) is 2.67. The maximum atomic E-state index is 8.60. The van der Waals surface area contributed by atoms with Gasteiger partial charge in [0.1, 0.15) is 0 Å². The van der Waals surface area contributed by atoms with E-state index in [-0.39, 0.29) is 0 Å². The Hall–Kier alpha value is -1.71. The van der Waals surface area contributed by atoms with Crippen molar-refractivity contribution < 1.29 is 33.6 Å². The second kappa shape index (κ2) is 9.67. The Balaban J connectivity index is 0.000000403. The maximum Gasteiger partial charge on any atom is 0.0777 e. The molecule has 0 spiro atoms. The lowest BCUT2D eigenvalue weighted by Crippen LogP contribution is -2.58. The minimum absolute atomic E-state index is 0.774. The lowest BCUT2D eigenvalue weighted by atomic mass is 10.2. The topological polar surface area (TPSA) is 107 Å². The van der Waals surface area contributed by atoms with Crippen LogP contribution in [0.5, 0.6) is 0 Å². The Morgan fingerprint density at radius 1 is 0.821 bits per heavy atom. The van der Waals surface area contributed by atoms with E-state index in [1.54, 1.807) is 0 Å². The molecule has 3 aromatic rings. The number of hydrogen-bond acceptors (Lipinski definition) is 6. The molecular weight excluding hydrogens is 384 g/mol. The van der Waals surface area contributed by atoms with E-state index >= 15 is 0 Å². The minimum Gasteiger partial charge on any atom is -0.378 e.